The van der Waals surface area contributed by atoms with Crippen molar-refractivity contribution in [1.82, 2.24) is 0 Å². The maximum absolute atomic E-state index is 5.64. The second-order valence-electron chi connectivity index (χ2n) is 6.18. The fraction of sp³-hybridized carbons (Fsp3) is 0.625. The van der Waals surface area contributed by atoms with Crippen LogP contribution >= 0.6 is 0 Å². The topological polar surface area (TPSA) is 27.7 Å². The fourth-order valence-corrected chi connectivity index (χ4v) is 1.68. The molecule has 0 radical (unpaired) electrons. The first-order valence-electron chi connectivity index (χ1n) is 6.80. The number of ether oxygens (including phenoxy) is 1. The second kappa shape index (κ2) is 6.92. The molecule has 1 aromatic carbocycles. The monoisotopic (exact) mass is 266 g/mol. The van der Waals surface area contributed by atoms with Crippen molar-refractivity contribution < 1.29 is 14.5 Å². The van der Waals surface area contributed by atoms with E-state index in [1.807, 2.05) is 45.0 Å². The maximum Gasteiger partial charge on any atom is 0.118 e. The van der Waals surface area contributed by atoms with E-state index in [4.69, 9.17) is 14.5 Å². The Bertz CT molecular complexity index is 363. The van der Waals surface area contributed by atoms with Gasteiger partial charge in [-0.15, -0.1) is 0 Å². The van der Waals surface area contributed by atoms with E-state index >= 15 is 0 Å². The summed E-state index contributed by atoms with van der Waals surface area (Å²) in [5.74, 6) is 1.39. The van der Waals surface area contributed by atoms with Crippen molar-refractivity contribution in [2.24, 2.45) is 5.92 Å². The first-order valence-corrected chi connectivity index (χ1v) is 6.80. The standard InChI is InChI=1S/C16H26O3/c1-12(2)11-15(18-19-16(3,4)5)13-7-9-14(17-6)10-8-13/h7-10,12,15H,11H2,1-6H3. The van der Waals surface area contributed by atoms with Gasteiger partial charge in [-0.05, 0) is 50.8 Å². The highest BCUT2D eigenvalue weighted by Gasteiger charge is 2.19. The molecule has 0 aromatic heterocycles. The van der Waals surface area contributed by atoms with Crippen LogP contribution in [0.15, 0.2) is 24.3 Å². The zero-order valence-electron chi connectivity index (χ0n) is 12.9. The molecule has 0 fully saturated rings. The van der Waals surface area contributed by atoms with Crippen LogP contribution in [0.5, 0.6) is 5.75 Å². The van der Waals surface area contributed by atoms with Crippen molar-refractivity contribution in [2.75, 3.05) is 7.11 Å². The fourth-order valence-electron chi connectivity index (χ4n) is 1.68. The van der Waals surface area contributed by atoms with Crippen molar-refractivity contribution in [2.45, 2.75) is 52.7 Å². The Balaban J connectivity index is 2.76. The Hall–Kier alpha value is -1.06. The molecule has 19 heavy (non-hydrogen) atoms. The normalized spacial score (nSPS) is 13.6. The molecule has 3 heteroatoms. The van der Waals surface area contributed by atoms with E-state index < -0.39 is 0 Å². The van der Waals surface area contributed by atoms with Gasteiger partial charge in [0, 0.05) is 0 Å². The van der Waals surface area contributed by atoms with E-state index in [1.54, 1.807) is 7.11 Å². The van der Waals surface area contributed by atoms with Gasteiger partial charge in [0.1, 0.15) is 11.9 Å². The zero-order valence-corrected chi connectivity index (χ0v) is 12.9. The van der Waals surface area contributed by atoms with Crippen LogP contribution < -0.4 is 4.74 Å². The first-order chi connectivity index (χ1) is 8.81. The van der Waals surface area contributed by atoms with Crippen LogP contribution in [0.3, 0.4) is 0 Å². The smallest absolute Gasteiger partial charge is 0.118 e. The summed E-state index contributed by atoms with van der Waals surface area (Å²) in [6.45, 7) is 10.3. The number of methoxy groups -OCH3 is 1. The number of hydrogen-bond donors (Lipinski definition) is 0. The lowest BCUT2D eigenvalue weighted by molar-refractivity contribution is -0.377. The molecule has 108 valence electrons. The van der Waals surface area contributed by atoms with Crippen molar-refractivity contribution in [3.05, 3.63) is 29.8 Å². The third-order valence-corrected chi connectivity index (χ3v) is 2.59. The summed E-state index contributed by atoms with van der Waals surface area (Å²) in [5, 5.41) is 0. The van der Waals surface area contributed by atoms with Crippen LogP contribution in [0, 0.1) is 5.92 Å². The summed E-state index contributed by atoms with van der Waals surface area (Å²) in [4.78, 5) is 11.1. The van der Waals surface area contributed by atoms with Crippen LogP contribution in [-0.2, 0) is 9.78 Å². The number of rotatable bonds is 6. The van der Waals surface area contributed by atoms with Crippen LogP contribution in [0.1, 0.15) is 52.7 Å². The highest BCUT2D eigenvalue weighted by atomic mass is 17.2. The molecule has 0 aliphatic carbocycles. The average molecular weight is 266 g/mol. The average Bonchev–Trinajstić information content (AvgIpc) is 2.33. The molecular weight excluding hydrogens is 240 g/mol. The largest absolute Gasteiger partial charge is 0.497 e. The molecule has 0 heterocycles. The highest BCUT2D eigenvalue weighted by Crippen LogP contribution is 2.28. The van der Waals surface area contributed by atoms with Crippen LogP contribution in [-0.4, -0.2) is 12.7 Å². The molecule has 3 nitrogen and oxygen atoms in total. The Kier molecular flexibility index (Phi) is 5.83. The van der Waals surface area contributed by atoms with Gasteiger partial charge in [0.25, 0.3) is 0 Å². The lowest BCUT2D eigenvalue weighted by Gasteiger charge is -2.24. The van der Waals surface area contributed by atoms with Crippen LogP contribution in [0.4, 0.5) is 0 Å². The van der Waals surface area contributed by atoms with Crippen molar-refractivity contribution in [3.63, 3.8) is 0 Å². The Morgan fingerprint density at radius 3 is 2.05 bits per heavy atom. The summed E-state index contributed by atoms with van der Waals surface area (Å²) >= 11 is 0. The molecule has 0 aliphatic rings. The molecule has 0 N–H and O–H groups in total. The minimum Gasteiger partial charge on any atom is -0.497 e. The summed E-state index contributed by atoms with van der Waals surface area (Å²) in [6, 6.07) is 7.95. The predicted molar refractivity (Wildman–Crippen MR) is 77.1 cm³/mol. The quantitative estimate of drug-likeness (QED) is 0.559. The molecule has 0 amide bonds. The molecule has 0 saturated carbocycles. The first kappa shape index (κ1) is 16.0. The third-order valence-electron chi connectivity index (χ3n) is 2.59. The van der Waals surface area contributed by atoms with Gasteiger partial charge in [-0.3, -0.25) is 0 Å². The van der Waals surface area contributed by atoms with Gasteiger partial charge in [-0.2, -0.15) is 0 Å². The van der Waals surface area contributed by atoms with E-state index in [-0.39, 0.29) is 11.7 Å². The maximum atomic E-state index is 5.64. The molecule has 0 bridgehead atoms. The van der Waals surface area contributed by atoms with Gasteiger partial charge in [0.2, 0.25) is 0 Å². The lowest BCUT2D eigenvalue weighted by atomic mass is 9.99. The summed E-state index contributed by atoms with van der Waals surface area (Å²) in [7, 11) is 1.67. The summed E-state index contributed by atoms with van der Waals surface area (Å²) < 4.78 is 5.17. The molecule has 1 aromatic rings. The Morgan fingerprint density at radius 1 is 1.05 bits per heavy atom. The molecule has 1 atom stereocenters. The minimum absolute atomic E-state index is 0.0508. The van der Waals surface area contributed by atoms with Crippen LogP contribution in [0.2, 0.25) is 0 Å². The van der Waals surface area contributed by atoms with E-state index in [9.17, 15) is 0 Å². The van der Waals surface area contributed by atoms with Crippen molar-refractivity contribution >= 4 is 0 Å². The van der Waals surface area contributed by atoms with Gasteiger partial charge in [-0.1, -0.05) is 26.0 Å². The molecular formula is C16H26O3. The van der Waals surface area contributed by atoms with E-state index in [2.05, 4.69) is 13.8 Å². The van der Waals surface area contributed by atoms with Gasteiger partial charge in [0.15, 0.2) is 0 Å². The van der Waals surface area contributed by atoms with E-state index in [0.29, 0.717) is 5.92 Å². The Labute approximate surface area is 116 Å². The van der Waals surface area contributed by atoms with Crippen LogP contribution in [0.25, 0.3) is 0 Å². The van der Waals surface area contributed by atoms with Gasteiger partial charge >= 0.3 is 0 Å². The molecule has 0 saturated heterocycles. The minimum atomic E-state index is -0.304. The highest BCUT2D eigenvalue weighted by molar-refractivity contribution is 5.28. The molecule has 0 aliphatic heterocycles. The van der Waals surface area contributed by atoms with Gasteiger partial charge in [0.05, 0.1) is 12.7 Å². The van der Waals surface area contributed by atoms with E-state index in [0.717, 1.165) is 17.7 Å². The third kappa shape index (κ3) is 6.08. The molecule has 1 unspecified atom stereocenters. The zero-order chi connectivity index (χ0) is 14.5. The molecule has 0 spiro atoms. The van der Waals surface area contributed by atoms with Crippen molar-refractivity contribution in [3.8, 4) is 5.75 Å². The number of benzene rings is 1. The van der Waals surface area contributed by atoms with Gasteiger partial charge < -0.3 is 4.74 Å². The SMILES string of the molecule is COc1ccc(C(CC(C)C)OOC(C)(C)C)cc1. The van der Waals surface area contributed by atoms with Crippen molar-refractivity contribution in [1.29, 1.82) is 0 Å². The lowest BCUT2D eigenvalue weighted by Crippen LogP contribution is -2.21. The molecule has 1 rings (SSSR count). The van der Waals surface area contributed by atoms with E-state index in [1.165, 1.54) is 0 Å². The Morgan fingerprint density at radius 2 is 1.63 bits per heavy atom. The summed E-state index contributed by atoms with van der Waals surface area (Å²) in [5.41, 5.74) is 0.806. The van der Waals surface area contributed by atoms with Gasteiger partial charge in [-0.25, -0.2) is 9.78 Å². The second-order valence-corrected chi connectivity index (χ2v) is 6.18. The summed E-state index contributed by atoms with van der Waals surface area (Å²) in [6.07, 6.45) is 0.868. The number of hydrogen-bond acceptors (Lipinski definition) is 3. The predicted octanol–water partition coefficient (Wildman–Crippen LogP) is 4.53.